The molecule has 0 amide bonds. The van der Waals surface area contributed by atoms with Crippen molar-refractivity contribution < 1.29 is 4.74 Å². The van der Waals surface area contributed by atoms with Crippen molar-refractivity contribution >= 4 is 0 Å². The van der Waals surface area contributed by atoms with E-state index < -0.39 is 5.41 Å². The molecule has 0 radical (unpaired) electrons. The van der Waals surface area contributed by atoms with E-state index in [1.54, 1.807) is 0 Å². The molecular weight excluding hydrogens is 707 g/mol. The number of hydrogen-bond donors (Lipinski definition) is 0. The summed E-state index contributed by atoms with van der Waals surface area (Å²) >= 11 is 0. The highest BCUT2D eigenvalue weighted by atomic mass is 16.5. The zero-order valence-corrected chi connectivity index (χ0v) is 32.1. The summed E-state index contributed by atoms with van der Waals surface area (Å²) in [5.74, 6) is 2.38. The molecule has 1 spiro atoms. The van der Waals surface area contributed by atoms with E-state index in [1.165, 1.54) is 33.4 Å². The Morgan fingerprint density at radius 2 is 1.00 bits per heavy atom. The van der Waals surface area contributed by atoms with Gasteiger partial charge in [0.25, 0.3) is 0 Å². The molecule has 0 bridgehead atoms. The number of rotatable bonds is 5. The number of pyridine rings is 1. The van der Waals surface area contributed by atoms with Crippen molar-refractivity contribution in [2.75, 3.05) is 0 Å². The first-order chi connectivity index (χ1) is 28.5. The second-order valence-electron chi connectivity index (χ2n) is 15.3. The number of hydrogen-bond acceptors (Lipinski definition) is 4. The molecule has 4 heteroatoms. The van der Waals surface area contributed by atoms with Crippen LogP contribution in [0.2, 0.25) is 0 Å². The maximum absolute atomic E-state index is 6.77. The van der Waals surface area contributed by atoms with Crippen LogP contribution in [0.25, 0.3) is 67.2 Å². The molecular formula is C54H37N3O. The Bertz CT molecular complexity index is 3060. The lowest BCUT2D eigenvalue weighted by molar-refractivity contribution is 0.436. The van der Waals surface area contributed by atoms with Crippen LogP contribution in [-0.2, 0) is 5.41 Å². The van der Waals surface area contributed by atoms with Gasteiger partial charge in [-0.15, -0.1) is 0 Å². The number of nitrogens with zero attached hydrogens (tertiary/aromatic N) is 3. The monoisotopic (exact) mass is 743 g/mol. The highest BCUT2D eigenvalue weighted by Gasteiger charge is 2.51. The van der Waals surface area contributed by atoms with E-state index in [4.69, 9.17) is 14.7 Å². The summed E-state index contributed by atoms with van der Waals surface area (Å²) in [4.78, 5) is 14.8. The van der Waals surface area contributed by atoms with Crippen LogP contribution in [0.15, 0.2) is 188 Å². The summed E-state index contributed by atoms with van der Waals surface area (Å²) < 4.78 is 6.77. The lowest BCUT2D eigenvalue weighted by atomic mass is 9.66. The summed E-state index contributed by atoms with van der Waals surface area (Å²) in [5.41, 5.74) is 18.2. The van der Waals surface area contributed by atoms with Crippen LogP contribution in [0.5, 0.6) is 11.5 Å². The van der Waals surface area contributed by atoms with Gasteiger partial charge in [0, 0.05) is 45.4 Å². The predicted molar refractivity (Wildman–Crippen MR) is 234 cm³/mol. The van der Waals surface area contributed by atoms with Gasteiger partial charge in [-0.2, -0.15) is 0 Å². The molecule has 3 heterocycles. The molecule has 2 aliphatic rings. The third kappa shape index (κ3) is 5.41. The standard InChI is InChI=1S/C54H37N3O/c1-34-22-23-43(33-55-34)39-16-10-15-38(29-39)40-24-26-47-45(31-40)44-18-6-7-19-46(44)54(47)48-20-8-9-21-51(48)58-52-27-25-42(32-49(52)54)53-56-35(2)28-50(57-53)41-17-11-14-37(30-41)36-12-4-3-5-13-36/h3-33H,1-2H3. The van der Waals surface area contributed by atoms with Gasteiger partial charge in [0.05, 0.1) is 11.1 Å². The lowest BCUT2D eigenvalue weighted by Gasteiger charge is -2.39. The van der Waals surface area contributed by atoms with Crippen molar-refractivity contribution in [2.24, 2.45) is 0 Å². The summed E-state index contributed by atoms with van der Waals surface area (Å²) in [6.07, 6.45) is 1.96. The summed E-state index contributed by atoms with van der Waals surface area (Å²) in [6, 6.07) is 64.9. The van der Waals surface area contributed by atoms with Gasteiger partial charge in [-0.3, -0.25) is 4.98 Å². The van der Waals surface area contributed by atoms with Gasteiger partial charge in [0.1, 0.15) is 11.5 Å². The molecule has 2 aromatic heterocycles. The van der Waals surface area contributed by atoms with Gasteiger partial charge in [0.15, 0.2) is 5.82 Å². The van der Waals surface area contributed by atoms with Crippen molar-refractivity contribution in [3.63, 3.8) is 0 Å². The topological polar surface area (TPSA) is 47.9 Å². The van der Waals surface area contributed by atoms with E-state index in [0.717, 1.165) is 73.1 Å². The van der Waals surface area contributed by atoms with Crippen LogP contribution in [-0.4, -0.2) is 15.0 Å². The zero-order chi connectivity index (χ0) is 38.8. The molecule has 9 aromatic rings. The van der Waals surface area contributed by atoms with Crippen molar-refractivity contribution in [3.8, 4) is 78.7 Å². The van der Waals surface area contributed by atoms with Crippen molar-refractivity contribution in [3.05, 3.63) is 222 Å². The minimum atomic E-state index is -0.628. The minimum Gasteiger partial charge on any atom is -0.457 e. The number of benzene rings is 7. The van der Waals surface area contributed by atoms with Gasteiger partial charge in [0.2, 0.25) is 0 Å². The van der Waals surface area contributed by atoms with E-state index in [-0.39, 0.29) is 0 Å². The summed E-state index contributed by atoms with van der Waals surface area (Å²) in [7, 11) is 0. The Balaban J connectivity index is 1.07. The number of para-hydroxylation sites is 1. The second-order valence-corrected chi connectivity index (χ2v) is 15.3. The fourth-order valence-corrected chi connectivity index (χ4v) is 9.08. The maximum atomic E-state index is 6.77. The second kappa shape index (κ2) is 13.4. The lowest BCUT2D eigenvalue weighted by Crippen LogP contribution is -2.32. The van der Waals surface area contributed by atoms with Crippen LogP contribution in [0.4, 0.5) is 0 Å². The molecule has 1 atom stereocenters. The van der Waals surface area contributed by atoms with Crippen LogP contribution in [0.1, 0.15) is 33.6 Å². The third-order valence-corrected chi connectivity index (χ3v) is 11.8. The normalized spacial score (nSPS) is 14.6. The molecule has 0 fully saturated rings. The molecule has 274 valence electrons. The number of ether oxygens (including phenoxy) is 1. The zero-order valence-electron chi connectivity index (χ0n) is 32.1. The van der Waals surface area contributed by atoms with Crippen LogP contribution < -0.4 is 4.74 Å². The third-order valence-electron chi connectivity index (χ3n) is 11.8. The Kier molecular flexibility index (Phi) is 7.80. The molecule has 4 nitrogen and oxygen atoms in total. The van der Waals surface area contributed by atoms with E-state index in [0.29, 0.717) is 5.82 Å². The van der Waals surface area contributed by atoms with Crippen molar-refractivity contribution in [1.82, 2.24) is 15.0 Å². The molecule has 1 unspecified atom stereocenters. The smallest absolute Gasteiger partial charge is 0.160 e. The SMILES string of the molecule is Cc1ccc(-c2cccc(-c3ccc4c(c3)-c3ccccc3C43c4ccccc4Oc4ccc(-c5nc(C)cc(-c6cccc(-c7ccccc7)c6)n5)cc43)c2)cn1. The Morgan fingerprint density at radius 3 is 1.83 bits per heavy atom. The fourth-order valence-electron chi connectivity index (χ4n) is 9.08. The van der Waals surface area contributed by atoms with E-state index in [2.05, 4.69) is 181 Å². The average Bonchev–Trinajstić information content (AvgIpc) is 3.57. The molecule has 0 N–H and O–H groups in total. The quantitative estimate of drug-likeness (QED) is 0.176. The van der Waals surface area contributed by atoms with Crippen molar-refractivity contribution in [2.45, 2.75) is 19.3 Å². The summed E-state index contributed by atoms with van der Waals surface area (Å²) in [5, 5.41) is 0. The van der Waals surface area contributed by atoms with Gasteiger partial charge >= 0.3 is 0 Å². The van der Waals surface area contributed by atoms with Gasteiger partial charge in [-0.25, -0.2) is 9.97 Å². The number of aryl methyl sites for hydroxylation is 2. The van der Waals surface area contributed by atoms with Gasteiger partial charge < -0.3 is 4.74 Å². The van der Waals surface area contributed by atoms with Crippen LogP contribution in [0.3, 0.4) is 0 Å². The first-order valence-electron chi connectivity index (χ1n) is 19.7. The first kappa shape index (κ1) is 33.9. The number of aromatic nitrogens is 3. The van der Waals surface area contributed by atoms with E-state index in [1.807, 2.05) is 26.1 Å². The molecule has 11 rings (SSSR count). The predicted octanol–water partition coefficient (Wildman–Crippen LogP) is 13.3. The Labute approximate surface area is 338 Å². The van der Waals surface area contributed by atoms with E-state index >= 15 is 0 Å². The van der Waals surface area contributed by atoms with Crippen molar-refractivity contribution in [1.29, 1.82) is 0 Å². The molecule has 58 heavy (non-hydrogen) atoms. The van der Waals surface area contributed by atoms with Crippen LogP contribution >= 0.6 is 0 Å². The molecule has 0 saturated carbocycles. The van der Waals surface area contributed by atoms with Gasteiger partial charge in [-0.05, 0) is 119 Å². The molecule has 0 saturated heterocycles. The largest absolute Gasteiger partial charge is 0.457 e. The highest BCUT2D eigenvalue weighted by Crippen LogP contribution is 2.62. The molecule has 1 aliphatic carbocycles. The average molecular weight is 744 g/mol. The van der Waals surface area contributed by atoms with E-state index in [9.17, 15) is 0 Å². The minimum absolute atomic E-state index is 0.628. The maximum Gasteiger partial charge on any atom is 0.160 e. The molecule has 1 aliphatic heterocycles. The fraction of sp³-hybridized carbons (Fsp3) is 0.0556. The Morgan fingerprint density at radius 1 is 0.379 bits per heavy atom. The summed E-state index contributed by atoms with van der Waals surface area (Å²) in [6.45, 7) is 4.06. The van der Waals surface area contributed by atoms with Crippen LogP contribution in [0, 0.1) is 13.8 Å². The number of fused-ring (bicyclic) bond motifs is 9. The highest BCUT2D eigenvalue weighted by molar-refractivity contribution is 5.91. The van der Waals surface area contributed by atoms with Gasteiger partial charge in [-0.1, -0.05) is 127 Å². The first-order valence-corrected chi connectivity index (χ1v) is 19.7. The molecule has 7 aromatic carbocycles. The Hall–Kier alpha value is -7.43.